The maximum Gasteiger partial charge on any atom is 0.316 e. The number of benzene rings is 1. The predicted molar refractivity (Wildman–Crippen MR) is 77.6 cm³/mol. The second-order valence-corrected chi connectivity index (χ2v) is 5.07. The maximum absolute atomic E-state index is 13.3. The number of aromatic nitrogens is 5. The van der Waals surface area contributed by atoms with E-state index in [2.05, 4.69) is 20.3 Å². The molecule has 2 aromatic heterocycles. The van der Waals surface area contributed by atoms with Crippen molar-refractivity contribution >= 4 is 11.6 Å². The average molecular weight is 356 g/mol. The first-order chi connectivity index (χ1) is 11.5. The zero-order chi connectivity index (χ0) is 17.1. The van der Waals surface area contributed by atoms with Gasteiger partial charge in [0, 0.05) is 0 Å². The molecule has 24 heavy (non-hydrogen) atoms. The minimum absolute atomic E-state index is 0.0184. The lowest BCUT2D eigenvalue weighted by Crippen LogP contribution is -1.99. The van der Waals surface area contributed by atoms with Crippen molar-refractivity contribution in [1.29, 1.82) is 0 Å². The summed E-state index contributed by atoms with van der Waals surface area (Å²) in [5, 5.41) is 8.02. The first kappa shape index (κ1) is 16.2. The lowest BCUT2D eigenvalue weighted by atomic mass is 10.2. The fourth-order valence-electron chi connectivity index (χ4n) is 1.85. The van der Waals surface area contributed by atoms with E-state index in [4.69, 9.17) is 16.3 Å². The summed E-state index contributed by atoms with van der Waals surface area (Å²) in [4.78, 5) is 7.71. The van der Waals surface area contributed by atoms with Crippen LogP contribution in [-0.2, 0) is 6.61 Å². The highest BCUT2D eigenvalue weighted by Crippen LogP contribution is 2.24. The Labute approximate surface area is 138 Å². The van der Waals surface area contributed by atoms with Crippen molar-refractivity contribution in [2.45, 2.75) is 13.0 Å². The molecule has 0 aliphatic rings. The number of nitrogens with zero attached hydrogens (tertiary/aromatic N) is 5. The van der Waals surface area contributed by atoms with Gasteiger partial charge < -0.3 is 4.74 Å². The molecule has 0 aliphatic heterocycles. The summed E-state index contributed by atoms with van der Waals surface area (Å²) in [6.45, 7) is 0.0184. The summed E-state index contributed by atoms with van der Waals surface area (Å²) >= 11 is 5.66. The molecule has 0 fully saturated rings. The monoisotopic (exact) mass is 355 g/mol. The normalized spacial score (nSPS) is 11.0. The Morgan fingerprint density at radius 2 is 1.96 bits per heavy atom. The third-order valence-corrected chi connectivity index (χ3v) is 3.16. The first-order valence-corrected chi connectivity index (χ1v) is 7.00. The van der Waals surface area contributed by atoms with E-state index in [1.165, 1.54) is 29.3 Å². The van der Waals surface area contributed by atoms with Crippen LogP contribution >= 0.6 is 11.6 Å². The van der Waals surface area contributed by atoms with Gasteiger partial charge in [0.15, 0.2) is 0 Å². The van der Waals surface area contributed by atoms with Crippen molar-refractivity contribution in [3.05, 3.63) is 58.9 Å². The van der Waals surface area contributed by atoms with Gasteiger partial charge in [0.25, 0.3) is 6.43 Å². The molecule has 0 spiro atoms. The Morgan fingerprint density at radius 1 is 1.21 bits per heavy atom. The number of ether oxygens (including phenoxy) is 1. The zero-order valence-corrected chi connectivity index (χ0v) is 12.7. The summed E-state index contributed by atoms with van der Waals surface area (Å²) in [5.41, 5.74) is -0.0278. The van der Waals surface area contributed by atoms with Crippen LogP contribution in [0.3, 0.4) is 0 Å². The molecule has 0 amide bonds. The average Bonchev–Trinajstić information content (AvgIpc) is 3.03. The van der Waals surface area contributed by atoms with Gasteiger partial charge in [-0.2, -0.15) is 0 Å². The smallest absolute Gasteiger partial charge is 0.316 e. The van der Waals surface area contributed by atoms with E-state index >= 15 is 0 Å². The van der Waals surface area contributed by atoms with Gasteiger partial charge in [-0.15, -0.1) is 5.10 Å². The molecule has 6 nitrogen and oxygen atoms in total. The molecule has 124 valence electrons. The highest BCUT2D eigenvalue weighted by atomic mass is 35.5. The van der Waals surface area contributed by atoms with Gasteiger partial charge in [-0.25, -0.2) is 27.8 Å². The number of hydrogen-bond donors (Lipinski definition) is 0. The van der Waals surface area contributed by atoms with E-state index in [1.807, 2.05) is 0 Å². The molecule has 0 N–H and O–H groups in total. The summed E-state index contributed by atoms with van der Waals surface area (Å²) in [6.07, 6.45) is 1.31. The molecule has 0 saturated carbocycles. The Bertz CT molecular complexity index is 841. The molecule has 3 aromatic rings. The fraction of sp³-hybridized carbons (Fsp3) is 0.143. The molecular weight excluding hydrogens is 347 g/mol. The molecule has 0 bridgehead atoms. The van der Waals surface area contributed by atoms with Crippen molar-refractivity contribution in [2.75, 3.05) is 0 Å². The largest absolute Gasteiger partial charge is 0.457 e. The summed E-state index contributed by atoms with van der Waals surface area (Å²) in [5.74, 6) is -0.975. The van der Waals surface area contributed by atoms with Crippen LogP contribution in [0.2, 0.25) is 5.02 Å². The van der Waals surface area contributed by atoms with Crippen LogP contribution in [-0.4, -0.2) is 25.0 Å². The molecule has 0 radical (unpaired) electrons. The molecule has 3 rings (SSSR count). The third-order valence-electron chi connectivity index (χ3n) is 2.97. The lowest BCUT2D eigenvalue weighted by molar-refractivity contribution is 0.146. The van der Waals surface area contributed by atoms with Crippen LogP contribution in [0, 0.1) is 5.82 Å². The minimum atomic E-state index is -2.92. The minimum Gasteiger partial charge on any atom is -0.457 e. The molecule has 0 atom stereocenters. The highest BCUT2D eigenvalue weighted by Gasteiger charge is 2.15. The Kier molecular flexibility index (Phi) is 4.61. The number of alkyl halides is 2. The zero-order valence-electron chi connectivity index (χ0n) is 11.9. The van der Waals surface area contributed by atoms with Gasteiger partial charge in [-0.1, -0.05) is 16.8 Å². The van der Waals surface area contributed by atoms with Crippen molar-refractivity contribution in [1.82, 2.24) is 25.0 Å². The van der Waals surface area contributed by atoms with Gasteiger partial charge >= 0.3 is 6.01 Å². The summed E-state index contributed by atoms with van der Waals surface area (Å²) in [6, 6.07) is 3.40. The lowest BCUT2D eigenvalue weighted by Gasteiger charge is -2.05. The van der Waals surface area contributed by atoms with E-state index in [0.29, 0.717) is 10.7 Å². The van der Waals surface area contributed by atoms with E-state index < -0.39 is 17.8 Å². The summed E-state index contributed by atoms with van der Waals surface area (Å²) < 4.78 is 45.3. The molecule has 10 heteroatoms. The van der Waals surface area contributed by atoms with E-state index in [0.717, 1.165) is 12.1 Å². The quantitative estimate of drug-likeness (QED) is 0.702. The van der Waals surface area contributed by atoms with Crippen LogP contribution < -0.4 is 4.74 Å². The van der Waals surface area contributed by atoms with Gasteiger partial charge in [-0.3, -0.25) is 0 Å². The van der Waals surface area contributed by atoms with Gasteiger partial charge in [0.2, 0.25) is 0 Å². The van der Waals surface area contributed by atoms with Crippen LogP contribution in [0.5, 0.6) is 6.01 Å². The van der Waals surface area contributed by atoms with Crippen LogP contribution in [0.15, 0.2) is 36.8 Å². The first-order valence-electron chi connectivity index (χ1n) is 6.62. The van der Waals surface area contributed by atoms with Gasteiger partial charge in [-0.05, 0) is 18.2 Å². The van der Waals surface area contributed by atoms with E-state index in [-0.39, 0.29) is 18.3 Å². The Balaban J connectivity index is 1.73. The SMILES string of the molecule is Fc1ccc(-n2cc(COc3ncc(Cl)cn3)nn2)cc1C(F)F. The molecule has 0 aliphatic carbocycles. The number of halogens is 4. The van der Waals surface area contributed by atoms with Crippen molar-refractivity contribution in [3.8, 4) is 11.7 Å². The van der Waals surface area contributed by atoms with Crippen molar-refractivity contribution in [2.24, 2.45) is 0 Å². The fourth-order valence-corrected chi connectivity index (χ4v) is 1.94. The predicted octanol–water partition coefficient (Wildman–Crippen LogP) is 3.37. The van der Waals surface area contributed by atoms with Crippen LogP contribution in [0.4, 0.5) is 13.2 Å². The van der Waals surface area contributed by atoms with E-state index in [1.54, 1.807) is 0 Å². The van der Waals surface area contributed by atoms with Crippen LogP contribution in [0.25, 0.3) is 5.69 Å². The second-order valence-electron chi connectivity index (χ2n) is 4.63. The molecule has 2 heterocycles. The van der Waals surface area contributed by atoms with Gasteiger partial charge in [0.1, 0.15) is 18.1 Å². The van der Waals surface area contributed by atoms with Crippen molar-refractivity contribution < 1.29 is 17.9 Å². The Hall–Kier alpha value is -2.68. The van der Waals surface area contributed by atoms with Gasteiger partial charge in [0.05, 0.1) is 34.9 Å². The molecule has 0 saturated heterocycles. The summed E-state index contributed by atoms with van der Waals surface area (Å²) in [7, 11) is 0. The number of hydrogen-bond acceptors (Lipinski definition) is 5. The van der Waals surface area contributed by atoms with Crippen LogP contribution in [0.1, 0.15) is 17.7 Å². The standard InChI is InChI=1S/C14H9ClF3N5O/c15-8-4-19-14(20-5-8)24-7-9-6-23(22-21-9)10-1-2-12(16)11(3-10)13(17)18/h1-6,13H,7H2. The number of rotatable bonds is 5. The van der Waals surface area contributed by atoms with Crippen molar-refractivity contribution in [3.63, 3.8) is 0 Å². The highest BCUT2D eigenvalue weighted by molar-refractivity contribution is 6.30. The Morgan fingerprint density at radius 3 is 2.67 bits per heavy atom. The molecule has 1 aromatic carbocycles. The van der Waals surface area contributed by atoms with E-state index in [9.17, 15) is 13.2 Å². The second kappa shape index (κ2) is 6.83. The molecule has 0 unspecified atom stereocenters. The topological polar surface area (TPSA) is 65.7 Å². The maximum atomic E-state index is 13.3. The molecular formula is C14H9ClF3N5O. The third kappa shape index (κ3) is 3.62.